The first-order valence-electron chi connectivity index (χ1n) is 8.69. The van der Waals surface area contributed by atoms with E-state index in [0.717, 1.165) is 12.7 Å². The molecule has 0 unspecified atom stereocenters. The number of hydrogen-bond acceptors (Lipinski definition) is 1. The van der Waals surface area contributed by atoms with Crippen molar-refractivity contribution in [2.45, 2.75) is 97.3 Å². The highest BCUT2D eigenvalue weighted by molar-refractivity contribution is 5.57. The van der Waals surface area contributed by atoms with Gasteiger partial charge in [-0.25, -0.2) is 0 Å². The maximum Gasteiger partial charge on any atom is 0.125 e. The van der Waals surface area contributed by atoms with E-state index in [9.17, 15) is 4.79 Å². The van der Waals surface area contributed by atoms with Gasteiger partial charge in [0, 0.05) is 5.41 Å². The van der Waals surface area contributed by atoms with Gasteiger partial charge < -0.3 is 4.79 Å². The SMILES string of the molecule is C=CCCCCCCCCCCCCCC(C)(C)C=O. The number of hydrogen-bond donors (Lipinski definition) is 0. The van der Waals surface area contributed by atoms with Crippen LogP contribution in [0.3, 0.4) is 0 Å². The molecule has 0 aliphatic carbocycles. The highest BCUT2D eigenvalue weighted by atomic mass is 16.1. The third-order valence-electron chi connectivity index (χ3n) is 4.05. The fraction of sp³-hybridized carbons (Fsp3) is 0.842. The fourth-order valence-corrected chi connectivity index (χ4v) is 2.52. The van der Waals surface area contributed by atoms with Crippen LogP contribution in [0, 0.1) is 5.41 Å². The van der Waals surface area contributed by atoms with Crippen LogP contribution in [0.5, 0.6) is 0 Å². The number of carbonyl (C=O) groups excluding carboxylic acids is 1. The van der Waals surface area contributed by atoms with E-state index in [1.165, 1.54) is 77.0 Å². The summed E-state index contributed by atoms with van der Waals surface area (Å²) in [5.41, 5.74) is -0.106. The first-order chi connectivity index (χ1) is 9.62. The second kappa shape index (κ2) is 13.4. The quantitative estimate of drug-likeness (QED) is 0.191. The van der Waals surface area contributed by atoms with Gasteiger partial charge in [0.15, 0.2) is 0 Å². The molecule has 0 radical (unpaired) electrons. The van der Waals surface area contributed by atoms with Crippen molar-refractivity contribution in [3.63, 3.8) is 0 Å². The predicted molar refractivity (Wildman–Crippen MR) is 90.1 cm³/mol. The van der Waals surface area contributed by atoms with Crippen molar-refractivity contribution in [3.8, 4) is 0 Å². The zero-order chi connectivity index (χ0) is 15.1. The van der Waals surface area contributed by atoms with Crippen LogP contribution in [0.2, 0.25) is 0 Å². The molecule has 0 atom stereocenters. The Morgan fingerprint density at radius 2 is 1.15 bits per heavy atom. The van der Waals surface area contributed by atoms with Gasteiger partial charge in [-0.15, -0.1) is 6.58 Å². The lowest BCUT2D eigenvalue weighted by Gasteiger charge is -2.15. The van der Waals surface area contributed by atoms with Gasteiger partial charge >= 0.3 is 0 Å². The number of carbonyl (C=O) groups is 1. The van der Waals surface area contributed by atoms with E-state index in [0.29, 0.717) is 0 Å². The molecule has 0 aromatic heterocycles. The Balaban J connectivity index is 3.10. The summed E-state index contributed by atoms with van der Waals surface area (Å²) in [6.45, 7) is 7.82. The van der Waals surface area contributed by atoms with Gasteiger partial charge in [0.2, 0.25) is 0 Å². The maximum atomic E-state index is 10.8. The number of unbranched alkanes of at least 4 members (excludes halogenated alkanes) is 11. The van der Waals surface area contributed by atoms with Gasteiger partial charge in [0.1, 0.15) is 6.29 Å². The smallest absolute Gasteiger partial charge is 0.125 e. The average Bonchev–Trinajstić information content (AvgIpc) is 2.44. The van der Waals surface area contributed by atoms with E-state index in [4.69, 9.17) is 0 Å². The topological polar surface area (TPSA) is 17.1 Å². The molecule has 0 heterocycles. The maximum absolute atomic E-state index is 10.8. The molecule has 1 nitrogen and oxygen atoms in total. The molecule has 0 spiro atoms. The molecule has 1 heteroatoms. The zero-order valence-corrected chi connectivity index (χ0v) is 14.0. The molecule has 0 saturated heterocycles. The number of rotatable bonds is 15. The molecular formula is C19H36O. The fourth-order valence-electron chi connectivity index (χ4n) is 2.52. The molecule has 0 N–H and O–H groups in total. The van der Waals surface area contributed by atoms with Crippen LogP contribution >= 0.6 is 0 Å². The summed E-state index contributed by atoms with van der Waals surface area (Å²) in [6, 6.07) is 0. The molecular weight excluding hydrogens is 244 g/mol. The first kappa shape index (κ1) is 19.4. The monoisotopic (exact) mass is 280 g/mol. The summed E-state index contributed by atoms with van der Waals surface area (Å²) in [7, 11) is 0. The first-order valence-corrected chi connectivity index (χ1v) is 8.69. The zero-order valence-electron chi connectivity index (χ0n) is 14.0. The molecule has 0 rings (SSSR count). The highest BCUT2D eigenvalue weighted by Gasteiger charge is 2.14. The van der Waals surface area contributed by atoms with Gasteiger partial charge in [0.05, 0.1) is 0 Å². The van der Waals surface area contributed by atoms with Crippen LogP contribution in [0.15, 0.2) is 12.7 Å². The summed E-state index contributed by atoms with van der Waals surface area (Å²) in [4.78, 5) is 10.8. The Morgan fingerprint density at radius 3 is 1.55 bits per heavy atom. The van der Waals surface area contributed by atoms with Gasteiger partial charge in [-0.3, -0.25) is 0 Å². The Morgan fingerprint density at radius 1 is 0.750 bits per heavy atom. The molecule has 0 aromatic rings. The molecule has 0 amide bonds. The summed E-state index contributed by atoms with van der Waals surface area (Å²) in [6.07, 6.45) is 20.3. The van der Waals surface area contributed by atoms with Gasteiger partial charge in [-0.05, 0) is 19.3 Å². The normalized spacial score (nSPS) is 11.5. The number of aldehydes is 1. The molecule has 0 aliphatic heterocycles. The van der Waals surface area contributed by atoms with E-state index in [1.54, 1.807) is 0 Å². The van der Waals surface area contributed by atoms with Crippen LogP contribution in [-0.2, 0) is 4.79 Å². The molecule has 118 valence electrons. The summed E-state index contributed by atoms with van der Waals surface area (Å²) < 4.78 is 0. The molecule has 0 bridgehead atoms. The second-order valence-corrected chi connectivity index (χ2v) is 6.82. The third-order valence-corrected chi connectivity index (χ3v) is 4.05. The molecule has 0 fully saturated rings. The second-order valence-electron chi connectivity index (χ2n) is 6.82. The number of allylic oxidation sites excluding steroid dienone is 1. The molecule has 20 heavy (non-hydrogen) atoms. The lowest BCUT2D eigenvalue weighted by atomic mass is 9.88. The summed E-state index contributed by atoms with van der Waals surface area (Å²) >= 11 is 0. The van der Waals surface area contributed by atoms with Gasteiger partial charge in [0.25, 0.3) is 0 Å². The van der Waals surface area contributed by atoms with E-state index >= 15 is 0 Å². The van der Waals surface area contributed by atoms with Crippen molar-refractivity contribution in [2.24, 2.45) is 5.41 Å². The Labute approximate surface area is 127 Å². The van der Waals surface area contributed by atoms with Gasteiger partial charge in [-0.1, -0.05) is 84.1 Å². The molecule has 0 aromatic carbocycles. The Kier molecular flexibility index (Phi) is 13.0. The minimum Gasteiger partial charge on any atom is -0.303 e. The lowest BCUT2D eigenvalue weighted by Crippen LogP contribution is -2.12. The summed E-state index contributed by atoms with van der Waals surface area (Å²) in [5.74, 6) is 0. The van der Waals surface area contributed by atoms with Crippen molar-refractivity contribution in [3.05, 3.63) is 12.7 Å². The van der Waals surface area contributed by atoms with E-state index in [2.05, 4.69) is 6.58 Å². The van der Waals surface area contributed by atoms with Crippen molar-refractivity contribution in [2.75, 3.05) is 0 Å². The van der Waals surface area contributed by atoms with Crippen molar-refractivity contribution in [1.82, 2.24) is 0 Å². The van der Waals surface area contributed by atoms with Gasteiger partial charge in [-0.2, -0.15) is 0 Å². The van der Waals surface area contributed by atoms with Crippen LogP contribution in [0.1, 0.15) is 97.3 Å². The highest BCUT2D eigenvalue weighted by Crippen LogP contribution is 2.21. The minimum absolute atomic E-state index is 0.106. The predicted octanol–water partition coefficient (Wildman–Crippen LogP) is 6.47. The van der Waals surface area contributed by atoms with Crippen LogP contribution in [0.25, 0.3) is 0 Å². The van der Waals surface area contributed by atoms with E-state index < -0.39 is 0 Å². The van der Waals surface area contributed by atoms with E-state index in [-0.39, 0.29) is 5.41 Å². The summed E-state index contributed by atoms with van der Waals surface area (Å²) in [5, 5.41) is 0. The van der Waals surface area contributed by atoms with Crippen molar-refractivity contribution in [1.29, 1.82) is 0 Å². The Bertz CT molecular complexity index is 230. The van der Waals surface area contributed by atoms with Crippen LogP contribution in [-0.4, -0.2) is 6.29 Å². The van der Waals surface area contributed by atoms with Crippen LogP contribution < -0.4 is 0 Å². The largest absolute Gasteiger partial charge is 0.303 e. The molecule has 0 saturated carbocycles. The standard InChI is InChI=1S/C19H36O/c1-4-5-6-7-8-9-10-11-12-13-14-15-16-17-19(2,3)18-20/h4,18H,1,5-17H2,2-3H3. The van der Waals surface area contributed by atoms with Crippen molar-refractivity contribution < 1.29 is 4.79 Å². The Hall–Kier alpha value is -0.590. The minimum atomic E-state index is -0.106. The van der Waals surface area contributed by atoms with Crippen molar-refractivity contribution >= 4 is 6.29 Å². The lowest BCUT2D eigenvalue weighted by molar-refractivity contribution is -0.115. The third kappa shape index (κ3) is 13.8. The van der Waals surface area contributed by atoms with E-state index in [1.807, 2.05) is 19.9 Å². The molecule has 0 aliphatic rings. The average molecular weight is 280 g/mol. The van der Waals surface area contributed by atoms with Crippen LogP contribution in [0.4, 0.5) is 0 Å².